The smallest absolute Gasteiger partial charge is 0.298 e. The van der Waals surface area contributed by atoms with Gasteiger partial charge in [0.25, 0.3) is 15.7 Å². The van der Waals surface area contributed by atoms with Crippen LogP contribution in [0.25, 0.3) is 10.9 Å². The Labute approximate surface area is 209 Å². The number of benzene rings is 1. The van der Waals surface area contributed by atoms with Crippen LogP contribution in [-0.4, -0.2) is 43.6 Å². The number of fused-ring (bicyclic) bond motifs is 1. The van der Waals surface area contributed by atoms with Crippen molar-refractivity contribution in [1.82, 2.24) is 9.55 Å². The largest absolute Gasteiger partial charge is 0.416 e. The Morgan fingerprint density at radius 2 is 1.86 bits per heavy atom. The topological polar surface area (TPSA) is 112 Å². The molecule has 35 heavy (non-hydrogen) atoms. The van der Waals surface area contributed by atoms with Gasteiger partial charge in [-0.2, -0.15) is 21.6 Å². The second-order valence-electron chi connectivity index (χ2n) is 7.77. The Hall–Kier alpha value is -1.93. The number of hydrogen-bond acceptors (Lipinski definition) is 7. The number of allylic oxidation sites excluding steroid dienone is 3. The van der Waals surface area contributed by atoms with E-state index in [9.17, 15) is 34.8 Å². The molecule has 15 heteroatoms. The molecule has 0 amide bonds. The van der Waals surface area contributed by atoms with Crippen LogP contribution in [0.5, 0.6) is 0 Å². The number of alkyl halides is 3. The number of aromatic nitrogens is 2. The lowest BCUT2D eigenvalue weighted by Gasteiger charge is -2.25. The number of hydrogen-bond donors (Lipinski definition) is 0. The van der Waals surface area contributed by atoms with E-state index < -0.39 is 71.0 Å². The van der Waals surface area contributed by atoms with E-state index in [-0.39, 0.29) is 22.8 Å². The van der Waals surface area contributed by atoms with Crippen LogP contribution in [0.1, 0.15) is 18.1 Å². The van der Waals surface area contributed by atoms with Crippen molar-refractivity contribution in [3.63, 3.8) is 0 Å². The van der Waals surface area contributed by atoms with Crippen LogP contribution < -0.4 is 5.56 Å². The second-order valence-corrected chi connectivity index (χ2v) is 12.7. The molecule has 192 valence electrons. The standard InChI is InChI=1S/C20H19Cl2F3N2O6S2/c1-3-35(31,32)16-5-4-12(21)6-11(16)8-27-10-26-18-13(19(27)28)7-15(20(23,24)25)14(17(18)22)9-33-34(2,29)30/h4-7,10-11,16H,3,8-9H2,1-2H3. The molecule has 0 N–H and O–H groups in total. The van der Waals surface area contributed by atoms with E-state index in [0.29, 0.717) is 12.3 Å². The molecule has 2 atom stereocenters. The summed E-state index contributed by atoms with van der Waals surface area (Å²) in [6, 6.07) is 0.526. The van der Waals surface area contributed by atoms with Crippen molar-refractivity contribution in [3.8, 4) is 0 Å². The Bertz CT molecular complexity index is 1500. The summed E-state index contributed by atoms with van der Waals surface area (Å²) in [4.78, 5) is 17.1. The van der Waals surface area contributed by atoms with Crippen molar-refractivity contribution in [2.75, 3.05) is 12.0 Å². The molecule has 0 bridgehead atoms. The quantitative estimate of drug-likeness (QED) is 0.464. The zero-order valence-electron chi connectivity index (χ0n) is 18.2. The van der Waals surface area contributed by atoms with Crippen molar-refractivity contribution in [1.29, 1.82) is 0 Å². The van der Waals surface area contributed by atoms with E-state index in [1.54, 1.807) is 0 Å². The fourth-order valence-electron chi connectivity index (χ4n) is 3.64. The van der Waals surface area contributed by atoms with E-state index in [1.165, 1.54) is 25.2 Å². The zero-order valence-corrected chi connectivity index (χ0v) is 21.4. The second kappa shape index (κ2) is 9.85. The first-order valence-electron chi connectivity index (χ1n) is 9.94. The Morgan fingerprint density at radius 1 is 1.20 bits per heavy atom. The summed E-state index contributed by atoms with van der Waals surface area (Å²) < 4.78 is 94.3. The van der Waals surface area contributed by atoms with E-state index >= 15 is 0 Å². The maximum absolute atomic E-state index is 13.8. The summed E-state index contributed by atoms with van der Waals surface area (Å²) in [5, 5.41) is -1.82. The summed E-state index contributed by atoms with van der Waals surface area (Å²) in [6.45, 7) is 0.223. The molecule has 0 spiro atoms. The number of rotatable bonds is 7. The van der Waals surface area contributed by atoms with Gasteiger partial charge in [-0.1, -0.05) is 42.3 Å². The molecule has 0 fully saturated rings. The summed E-state index contributed by atoms with van der Waals surface area (Å²) in [7, 11) is -7.68. The highest BCUT2D eigenvalue weighted by molar-refractivity contribution is 7.92. The monoisotopic (exact) mass is 574 g/mol. The first kappa shape index (κ1) is 27.7. The van der Waals surface area contributed by atoms with Gasteiger partial charge in [-0.3, -0.25) is 13.5 Å². The van der Waals surface area contributed by atoms with Crippen molar-refractivity contribution < 1.29 is 34.2 Å². The van der Waals surface area contributed by atoms with Crippen LogP contribution in [0.15, 0.2) is 40.4 Å². The maximum atomic E-state index is 13.8. The zero-order chi connectivity index (χ0) is 26.3. The van der Waals surface area contributed by atoms with Crippen LogP contribution in [-0.2, 0) is 43.5 Å². The molecule has 1 aromatic carbocycles. The first-order valence-corrected chi connectivity index (χ1v) is 14.2. The molecule has 2 aromatic rings. The fraction of sp³-hybridized carbons (Fsp3) is 0.400. The molecule has 3 rings (SSSR count). The number of nitrogens with zero attached hydrogens (tertiary/aromatic N) is 2. The number of sulfone groups is 1. The van der Waals surface area contributed by atoms with E-state index in [2.05, 4.69) is 9.17 Å². The van der Waals surface area contributed by atoms with Crippen molar-refractivity contribution in [2.24, 2.45) is 5.92 Å². The molecule has 1 aliphatic carbocycles. The average Bonchev–Trinajstić information content (AvgIpc) is 2.73. The van der Waals surface area contributed by atoms with Gasteiger partial charge < -0.3 is 0 Å². The minimum Gasteiger partial charge on any atom is -0.298 e. The predicted octanol–water partition coefficient (Wildman–Crippen LogP) is 3.66. The van der Waals surface area contributed by atoms with Crippen LogP contribution in [0.2, 0.25) is 5.02 Å². The highest BCUT2D eigenvalue weighted by Crippen LogP contribution is 2.38. The third kappa shape index (κ3) is 6.08. The van der Waals surface area contributed by atoms with Crippen LogP contribution in [0, 0.1) is 5.92 Å². The molecule has 1 aliphatic rings. The molecule has 1 heterocycles. The summed E-state index contributed by atoms with van der Waals surface area (Å²) >= 11 is 12.1. The lowest BCUT2D eigenvalue weighted by molar-refractivity contribution is -0.138. The van der Waals surface area contributed by atoms with Crippen molar-refractivity contribution in [2.45, 2.75) is 31.5 Å². The van der Waals surface area contributed by atoms with E-state index in [4.69, 9.17) is 23.2 Å². The van der Waals surface area contributed by atoms with Gasteiger partial charge >= 0.3 is 6.18 Å². The maximum Gasteiger partial charge on any atom is 0.416 e. The number of halogens is 5. The van der Waals surface area contributed by atoms with Gasteiger partial charge in [-0.05, 0) is 12.1 Å². The van der Waals surface area contributed by atoms with E-state index in [0.717, 1.165) is 10.9 Å². The van der Waals surface area contributed by atoms with Crippen LogP contribution >= 0.6 is 23.2 Å². The van der Waals surface area contributed by atoms with Gasteiger partial charge in [0.15, 0.2) is 9.84 Å². The SMILES string of the molecule is CCS(=O)(=O)C1C=CC(Cl)=CC1Cn1cnc2c(Cl)c(COS(C)(=O)=O)c(C(F)(F)F)cc2c1=O. The van der Waals surface area contributed by atoms with Gasteiger partial charge in [0.1, 0.15) is 0 Å². The summed E-state index contributed by atoms with van der Waals surface area (Å²) in [5.41, 5.74) is -3.24. The van der Waals surface area contributed by atoms with Crippen LogP contribution in [0.3, 0.4) is 0 Å². The first-order chi connectivity index (χ1) is 16.0. The van der Waals surface area contributed by atoms with Crippen LogP contribution in [0.4, 0.5) is 13.2 Å². The predicted molar refractivity (Wildman–Crippen MR) is 125 cm³/mol. The Morgan fingerprint density at radius 3 is 2.43 bits per heavy atom. The molecular formula is C20H19Cl2F3N2O6S2. The molecule has 0 radical (unpaired) electrons. The van der Waals surface area contributed by atoms with Gasteiger partial charge in [-0.25, -0.2) is 13.4 Å². The minimum atomic E-state index is -4.99. The van der Waals surface area contributed by atoms with Gasteiger partial charge in [0.05, 0.1) is 45.9 Å². The molecule has 8 nitrogen and oxygen atoms in total. The molecule has 0 saturated heterocycles. The minimum absolute atomic E-state index is 0.169. The van der Waals surface area contributed by atoms with Crippen molar-refractivity contribution >= 4 is 54.1 Å². The van der Waals surface area contributed by atoms with Gasteiger partial charge in [0, 0.05) is 28.8 Å². The highest BCUT2D eigenvalue weighted by Gasteiger charge is 2.37. The van der Waals surface area contributed by atoms with Gasteiger partial charge in [-0.15, -0.1) is 0 Å². The molecule has 0 saturated carbocycles. The average molecular weight is 575 g/mol. The molecule has 0 aliphatic heterocycles. The highest BCUT2D eigenvalue weighted by atomic mass is 35.5. The molecular weight excluding hydrogens is 556 g/mol. The Kier molecular flexibility index (Phi) is 7.78. The summed E-state index contributed by atoms with van der Waals surface area (Å²) in [6.07, 6.45) is 0.979. The Balaban J connectivity index is 2.15. The lowest BCUT2D eigenvalue weighted by atomic mass is 9.99. The van der Waals surface area contributed by atoms with E-state index in [1.807, 2.05) is 0 Å². The summed E-state index contributed by atoms with van der Waals surface area (Å²) in [5.74, 6) is -0.952. The normalized spacial score (nSPS) is 19.2. The van der Waals surface area contributed by atoms with Crippen molar-refractivity contribution in [3.05, 3.63) is 62.2 Å². The molecule has 2 unspecified atom stereocenters. The molecule has 1 aromatic heterocycles. The van der Waals surface area contributed by atoms with Gasteiger partial charge in [0.2, 0.25) is 0 Å². The fourth-order valence-corrected chi connectivity index (χ4v) is 5.91. The third-order valence-electron chi connectivity index (χ3n) is 5.35. The third-order valence-corrected chi connectivity index (χ3v) is 8.69. The lowest BCUT2D eigenvalue weighted by Crippen LogP contribution is -2.35.